The second kappa shape index (κ2) is 7.16. The Morgan fingerprint density at radius 1 is 1.26 bits per heavy atom. The van der Waals surface area contributed by atoms with E-state index in [-0.39, 0.29) is 18.1 Å². The van der Waals surface area contributed by atoms with Crippen molar-refractivity contribution in [3.05, 3.63) is 12.2 Å². The van der Waals surface area contributed by atoms with E-state index in [2.05, 4.69) is 11.9 Å². The zero-order valence-electron chi connectivity index (χ0n) is 12.7. The third-order valence-electron chi connectivity index (χ3n) is 2.25. The first-order valence-electron chi connectivity index (χ1n) is 6.44. The van der Waals surface area contributed by atoms with Crippen LogP contribution in [0.15, 0.2) is 12.2 Å². The van der Waals surface area contributed by atoms with Crippen molar-refractivity contribution in [2.24, 2.45) is 5.92 Å². The minimum Gasteiger partial charge on any atom is -0.463 e. The van der Waals surface area contributed by atoms with Crippen molar-refractivity contribution < 1.29 is 19.1 Å². The average Bonchev–Trinajstić information content (AvgIpc) is 2.22. The molecule has 0 unspecified atom stereocenters. The normalized spacial score (nSPS) is 12.8. The molecule has 0 spiro atoms. The fourth-order valence-electron chi connectivity index (χ4n) is 1.44. The molecule has 0 fully saturated rings. The SMILES string of the molecule is C=C(C(=O)OCC)[C@H](NC(=O)OC(C)(C)C)C(C)C. The van der Waals surface area contributed by atoms with Gasteiger partial charge in [0.25, 0.3) is 0 Å². The predicted molar refractivity (Wildman–Crippen MR) is 73.8 cm³/mol. The molecule has 5 nitrogen and oxygen atoms in total. The highest BCUT2D eigenvalue weighted by molar-refractivity contribution is 5.90. The van der Waals surface area contributed by atoms with Crippen LogP contribution in [-0.2, 0) is 14.3 Å². The number of carbonyl (C=O) groups excluding carboxylic acids is 2. The Kier molecular flexibility index (Phi) is 6.59. The summed E-state index contributed by atoms with van der Waals surface area (Å²) in [4.78, 5) is 23.4. The van der Waals surface area contributed by atoms with Crippen LogP contribution in [0.1, 0.15) is 41.5 Å². The molecule has 1 N–H and O–H groups in total. The van der Waals surface area contributed by atoms with Gasteiger partial charge in [-0.25, -0.2) is 9.59 Å². The summed E-state index contributed by atoms with van der Waals surface area (Å²) in [7, 11) is 0. The monoisotopic (exact) mass is 271 g/mol. The fraction of sp³-hybridized carbons (Fsp3) is 0.714. The van der Waals surface area contributed by atoms with Crippen LogP contribution in [-0.4, -0.2) is 30.3 Å². The maximum Gasteiger partial charge on any atom is 0.408 e. The Morgan fingerprint density at radius 2 is 1.79 bits per heavy atom. The second-order valence-corrected chi connectivity index (χ2v) is 5.61. The molecule has 19 heavy (non-hydrogen) atoms. The number of carbonyl (C=O) groups is 2. The van der Waals surface area contributed by atoms with Gasteiger partial charge in [0.2, 0.25) is 0 Å². The summed E-state index contributed by atoms with van der Waals surface area (Å²) in [5.41, 5.74) is -0.362. The zero-order chi connectivity index (χ0) is 15.2. The maximum absolute atomic E-state index is 11.7. The lowest BCUT2D eigenvalue weighted by atomic mass is 9.97. The Morgan fingerprint density at radius 3 is 2.16 bits per heavy atom. The number of hydrogen-bond acceptors (Lipinski definition) is 4. The molecule has 0 radical (unpaired) electrons. The van der Waals surface area contributed by atoms with E-state index in [1.54, 1.807) is 27.7 Å². The van der Waals surface area contributed by atoms with Crippen molar-refractivity contribution in [1.82, 2.24) is 5.32 Å². The maximum atomic E-state index is 11.7. The smallest absolute Gasteiger partial charge is 0.408 e. The van der Waals surface area contributed by atoms with Crippen LogP contribution in [0.5, 0.6) is 0 Å². The van der Waals surface area contributed by atoms with Gasteiger partial charge in [0.05, 0.1) is 18.2 Å². The summed E-state index contributed by atoms with van der Waals surface area (Å²) in [5.74, 6) is -0.498. The number of esters is 1. The van der Waals surface area contributed by atoms with Crippen molar-refractivity contribution in [2.45, 2.75) is 53.2 Å². The minimum atomic E-state index is -0.586. The highest BCUT2D eigenvalue weighted by atomic mass is 16.6. The predicted octanol–water partition coefficient (Wildman–Crippen LogP) is 2.66. The number of rotatable bonds is 5. The number of ether oxygens (including phenoxy) is 2. The van der Waals surface area contributed by atoms with Gasteiger partial charge in [-0.3, -0.25) is 0 Å². The molecule has 0 aliphatic rings. The first-order valence-corrected chi connectivity index (χ1v) is 6.44. The fourth-order valence-corrected chi connectivity index (χ4v) is 1.44. The third-order valence-corrected chi connectivity index (χ3v) is 2.25. The molecule has 0 aromatic rings. The van der Waals surface area contributed by atoms with E-state index >= 15 is 0 Å². The molecule has 0 heterocycles. The molecule has 0 aliphatic carbocycles. The van der Waals surface area contributed by atoms with Gasteiger partial charge in [-0.05, 0) is 33.6 Å². The Hall–Kier alpha value is -1.52. The Labute approximate surface area is 115 Å². The Bertz CT molecular complexity index is 342. The minimum absolute atomic E-state index is 0.00410. The highest BCUT2D eigenvalue weighted by Gasteiger charge is 2.27. The van der Waals surface area contributed by atoms with Crippen LogP contribution in [0.3, 0.4) is 0 Å². The van der Waals surface area contributed by atoms with Gasteiger partial charge in [-0.15, -0.1) is 0 Å². The Balaban J connectivity index is 4.71. The van der Waals surface area contributed by atoms with Crippen molar-refractivity contribution in [3.63, 3.8) is 0 Å². The van der Waals surface area contributed by atoms with Crippen molar-refractivity contribution >= 4 is 12.1 Å². The van der Waals surface area contributed by atoms with E-state index in [0.29, 0.717) is 0 Å². The summed E-state index contributed by atoms with van der Waals surface area (Å²) < 4.78 is 10.1. The van der Waals surface area contributed by atoms with Gasteiger partial charge in [0.1, 0.15) is 5.60 Å². The van der Waals surface area contributed by atoms with Crippen LogP contribution >= 0.6 is 0 Å². The number of nitrogens with one attached hydrogen (secondary N) is 1. The quantitative estimate of drug-likeness (QED) is 0.616. The summed E-state index contributed by atoms with van der Waals surface area (Å²) in [5, 5.41) is 2.65. The molecule has 5 heteroatoms. The van der Waals surface area contributed by atoms with E-state index in [0.717, 1.165) is 0 Å². The number of amides is 1. The summed E-state index contributed by atoms with van der Waals surface area (Å²) in [6.45, 7) is 14.8. The number of alkyl carbamates (subject to hydrolysis) is 1. The zero-order valence-corrected chi connectivity index (χ0v) is 12.7. The lowest BCUT2D eigenvalue weighted by Crippen LogP contribution is -2.44. The summed E-state index contributed by atoms with van der Waals surface area (Å²) in [6, 6.07) is -0.506. The molecule has 0 aromatic heterocycles. The summed E-state index contributed by atoms with van der Waals surface area (Å²) in [6.07, 6.45) is -0.573. The number of hydrogen-bond donors (Lipinski definition) is 1. The topological polar surface area (TPSA) is 64.6 Å². The van der Waals surface area contributed by atoms with Crippen LogP contribution in [0.25, 0.3) is 0 Å². The van der Waals surface area contributed by atoms with Crippen LogP contribution < -0.4 is 5.32 Å². The van der Waals surface area contributed by atoms with E-state index < -0.39 is 23.7 Å². The van der Waals surface area contributed by atoms with Crippen LogP contribution in [0, 0.1) is 5.92 Å². The molecule has 0 saturated carbocycles. The second-order valence-electron chi connectivity index (χ2n) is 5.61. The molecule has 0 aromatic carbocycles. The molecule has 1 amide bonds. The molecule has 0 aliphatic heterocycles. The molecule has 1 atom stereocenters. The third kappa shape index (κ3) is 6.84. The molecular formula is C14H25NO4. The van der Waals surface area contributed by atoms with E-state index in [1.807, 2.05) is 13.8 Å². The van der Waals surface area contributed by atoms with Gasteiger partial charge >= 0.3 is 12.1 Å². The van der Waals surface area contributed by atoms with Crippen molar-refractivity contribution in [1.29, 1.82) is 0 Å². The highest BCUT2D eigenvalue weighted by Crippen LogP contribution is 2.14. The molecule has 110 valence electrons. The van der Waals surface area contributed by atoms with Gasteiger partial charge in [-0.2, -0.15) is 0 Å². The standard InChI is InChI=1S/C14H25NO4/c1-8-18-12(16)10(4)11(9(2)3)15-13(17)19-14(5,6)7/h9,11H,4,8H2,1-3,5-7H3,(H,15,17)/t11-/m1/s1. The van der Waals surface area contributed by atoms with E-state index in [9.17, 15) is 9.59 Å². The average molecular weight is 271 g/mol. The van der Waals surface area contributed by atoms with Crippen LogP contribution in [0.2, 0.25) is 0 Å². The molecule has 0 bridgehead atoms. The first kappa shape index (κ1) is 17.5. The lowest BCUT2D eigenvalue weighted by Gasteiger charge is -2.26. The molecular weight excluding hydrogens is 246 g/mol. The van der Waals surface area contributed by atoms with Gasteiger partial charge < -0.3 is 14.8 Å². The van der Waals surface area contributed by atoms with E-state index in [1.165, 1.54) is 0 Å². The molecule has 0 rings (SSSR count). The van der Waals surface area contributed by atoms with Crippen molar-refractivity contribution in [2.75, 3.05) is 6.61 Å². The van der Waals surface area contributed by atoms with Gasteiger partial charge in [0.15, 0.2) is 0 Å². The van der Waals surface area contributed by atoms with Gasteiger partial charge in [0, 0.05) is 0 Å². The lowest BCUT2D eigenvalue weighted by molar-refractivity contribution is -0.139. The summed E-state index contributed by atoms with van der Waals surface area (Å²) >= 11 is 0. The molecule has 0 saturated heterocycles. The van der Waals surface area contributed by atoms with Crippen LogP contribution in [0.4, 0.5) is 4.79 Å². The largest absolute Gasteiger partial charge is 0.463 e. The first-order chi connectivity index (χ1) is 8.58. The van der Waals surface area contributed by atoms with Crippen molar-refractivity contribution in [3.8, 4) is 0 Å². The van der Waals surface area contributed by atoms with Gasteiger partial charge in [-0.1, -0.05) is 20.4 Å². The van der Waals surface area contributed by atoms with E-state index in [4.69, 9.17) is 9.47 Å².